The van der Waals surface area contributed by atoms with E-state index in [4.69, 9.17) is 11.6 Å². The molecule has 0 spiro atoms. The minimum atomic E-state index is 0.560. The molecular formula is C11H16ClNS. The van der Waals surface area contributed by atoms with Crippen LogP contribution in [0.15, 0.2) is 12.1 Å². The van der Waals surface area contributed by atoms with Crippen LogP contribution in [-0.4, -0.2) is 13.1 Å². The Hall–Kier alpha value is -0.0500. The minimum Gasteiger partial charge on any atom is -0.316 e. The second kappa shape index (κ2) is 4.21. The molecule has 1 aliphatic carbocycles. The summed E-state index contributed by atoms with van der Waals surface area (Å²) < 4.78 is 0.916. The molecule has 1 saturated carbocycles. The second-order valence-electron chi connectivity index (χ2n) is 4.16. The summed E-state index contributed by atoms with van der Waals surface area (Å²) in [5, 5.41) is 3.45. The van der Waals surface area contributed by atoms with E-state index in [2.05, 4.69) is 18.3 Å². The Labute approximate surface area is 94.5 Å². The first-order valence-electron chi connectivity index (χ1n) is 5.19. The molecule has 0 atom stereocenters. The number of rotatable bonds is 5. The fraction of sp³-hybridized carbons (Fsp3) is 0.636. The molecule has 78 valence electrons. The third-order valence-electron chi connectivity index (χ3n) is 2.89. The van der Waals surface area contributed by atoms with E-state index in [1.54, 1.807) is 11.3 Å². The van der Waals surface area contributed by atoms with Gasteiger partial charge in [0.1, 0.15) is 0 Å². The quantitative estimate of drug-likeness (QED) is 0.817. The van der Waals surface area contributed by atoms with Crippen LogP contribution in [0.25, 0.3) is 0 Å². The van der Waals surface area contributed by atoms with Gasteiger partial charge in [0.25, 0.3) is 0 Å². The molecule has 1 heterocycles. The van der Waals surface area contributed by atoms with Crippen molar-refractivity contribution in [2.75, 3.05) is 13.1 Å². The van der Waals surface area contributed by atoms with Crippen LogP contribution in [0, 0.1) is 5.41 Å². The van der Waals surface area contributed by atoms with Crippen LogP contribution in [0.1, 0.15) is 24.6 Å². The first-order valence-corrected chi connectivity index (χ1v) is 6.38. The summed E-state index contributed by atoms with van der Waals surface area (Å²) in [6.07, 6.45) is 3.95. The molecule has 1 aromatic heterocycles. The molecule has 0 aromatic carbocycles. The van der Waals surface area contributed by atoms with Gasteiger partial charge in [0.05, 0.1) is 4.34 Å². The number of halogens is 1. The molecule has 14 heavy (non-hydrogen) atoms. The van der Waals surface area contributed by atoms with E-state index in [1.165, 1.54) is 30.7 Å². The van der Waals surface area contributed by atoms with E-state index >= 15 is 0 Å². The fourth-order valence-corrected chi connectivity index (χ4v) is 3.06. The first-order chi connectivity index (χ1) is 6.74. The van der Waals surface area contributed by atoms with Crippen molar-refractivity contribution in [2.45, 2.75) is 26.2 Å². The molecule has 0 radical (unpaired) electrons. The largest absolute Gasteiger partial charge is 0.316 e. The predicted octanol–water partition coefficient (Wildman–Crippen LogP) is 3.33. The van der Waals surface area contributed by atoms with Gasteiger partial charge in [-0.1, -0.05) is 18.5 Å². The zero-order valence-electron chi connectivity index (χ0n) is 8.48. The van der Waals surface area contributed by atoms with Gasteiger partial charge >= 0.3 is 0 Å². The van der Waals surface area contributed by atoms with Gasteiger partial charge in [0, 0.05) is 11.4 Å². The van der Waals surface area contributed by atoms with Crippen LogP contribution in [0.5, 0.6) is 0 Å². The van der Waals surface area contributed by atoms with Crippen LogP contribution >= 0.6 is 22.9 Å². The summed E-state index contributed by atoms with van der Waals surface area (Å²) in [4.78, 5) is 1.44. The average molecular weight is 230 g/mol. The fourth-order valence-electron chi connectivity index (χ4n) is 1.80. The summed E-state index contributed by atoms with van der Waals surface area (Å²) in [6, 6.07) is 4.17. The first kappa shape index (κ1) is 10.5. The molecule has 0 amide bonds. The number of nitrogens with one attached hydrogen (secondary N) is 1. The van der Waals surface area contributed by atoms with Gasteiger partial charge in [-0.3, -0.25) is 0 Å². The van der Waals surface area contributed by atoms with E-state index in [0.717, 1.165) is 10.9 Å². The molecule has 1 aliphatic rings. The molecular weight excluding hydrogens is 214 g/mol. The maximum atomic E-state index is 5.92. The summed E-state index contributed by atoms with van der Waals surface area (Å²) >= 11 is 7.64. The third kappa shape index (κ3) is 2.50. The van der Waals surface area contributed by atoms with Gasteiger partial charge in [-0.25, -0.2) is 0 Å². The lowest BCUT2D eigenvalue weighted by Crippen LogP contribution is -2.24. The van der Waals surface area contributed by atoms with E-state index in [9.17, 15) is 0 Å². The Morgan fingerprint density at radius 2 is 2.29 bits per heavy atom. The van der Waals surface area contributed by atoms with Crippen molar-refractivity contribution in [1.29, 1.82) is 0 Å². The lowest BCUT2D eigenvalue weighted by atomic mass is 10.0. The molecule has 0 unspecified atom stereocenters. The normalized spacial score (nSPS) is 18.4. The van der Waals surface area contributed by atoms with E-state index < -0.39 is 0 Å². The molecule has 1 nitrogen and oxygen atoms in total. The van der Waals surface area contributed by atoms with Crippen LogP contribution in [-0.2, 0) is 6.42 Å². The Morgan fingerprint density at radius 1 is 1.50 bits per heavy atom. The summed E-state index contributed by atoms with van der Waals surface area (Å²) in [5.74, 6) is 0. The van der Waals surface area contributed by atoms with E-state index in [0.29, 0.717) is 5.41 Å². The Bertz CT molecular complexity index is 304. The maximum absolute atomic E-state index is 5.92. The monoisotopic (exact) mass is 229 g/mol. The molecule has 2 rings (SSSR count). The van der Waals surface area contributed by atoms with Crippen molar-refractivity contribution in [1.82, 2.24) is 5.32 Å². The van der Waals surface area contributed by atoms with Crippen molar-refractivity contribution in [3.8, 4) is 0 Å². The Kier molecular flexibility index (Phi) is 3.15. The van der Waals surface area contributed by atoms with Crippen molar-refractivity contribution in [3.05, 3.63) is 21.3 Å². The van der Waals surface area contributed by atoms with Crippen LogP contribution in [0.2, 0.25) is 4.34 Å². The second-order valence-corrected chi connectivity index (χ2v) is 5.96. The zero-order valence-corrected chi connectivity index (χ0v) is 10.0. The molecule has 0 saturated heterocycles. The molecule has 0 bridgehead atoms. The summed E-state index contributed by atoms with van der Waals surface area (Å²) in [6.45, 7) is 4.41. The van der Waals surface area contributed by atoms with Gasteiger partial charge in [-0.05, 0) is 43.4 Å². The topological polar surface area (TPSA) is 12.0 Å². The SMILES string of the molecule is CCNCC1(Cc2ccc(Cl)s2)CC1. The summed E-state index contributed by atoms with van der Waals surface area (Å²) in [5.41, 5.74) is 0.560. The highest BCUT2D eigenvalue weighted by Crippen LogP contribution is 2.48. The van der Waals surface area contributed by atoms with Crippen molar-refractivity contribution >= 4 is 22.9 Å². The molecule has 1 N–H and O–H groups in total. The van der Waals surface area contributed by atoms with Crippen LogP contribution in [0.3, 0.4) is 0 Å². The van der Waals surface area contributed by atoms with Crippen molar-refractivity contribution < 1.29 is 0 Å². The number of hydrogen-bond acceptors (Lipinski definition) is 2. The van der Waals surface area contributed by atoms with E-state index in [1.807, 2.05) is 6.07 Å². The van der Waals surface area contributed by atoms with Gasteiger partial charge in [0.15, 0.2) is 0 Å². The third-order valence-corrected chi connectivity index (χ3v) is 4.12. The van der Waals surface area contributed by atoms with E-state index in [-0.39, 0.29) is 0 Å². The molecule has 1 fully saturated rings. The lowest BCUT2D eigenvalue weighted by Gasteiger charge is -2.13. The lowest BCUT2D eigenvalue weighted by molar-refractivity contribution is 0.466. The predicted molar refractivity (Wildman–Crippen MR) is 63.2 cm³/mol. The van der Waals surface area contributed by atoms with Gasteiger partial charge < -0.3 is 5.32 Å². The summed E-state index contributed by atoms with van der Waals surface area (Å²) in [7, 11) is 0. The van der Waals surface area contributed by atoms with Gasteiger partial charge in [0.2, 0.25) is 0 Å². The Balaban J connectivity index is 1.90. The standard InChI is InChI=1S/C11H16ClNS/c1-2-13-8-11(5-6-11)7-9-3-4-10(12)14-9/h3-4,13H,2,5-8H2,1H3. The number of thiophene rings is 1. The van der Waals surface area contributed by atoms with Crippen LogP contribution < -0.4 is 5.32 Å². The highest BCUT2D eigenvalue weighted by molar-refractivity contribution is 7.16. The van der Waals surface area contributed by atoms with Gasteiger partial charge in [-0.2, -0.15) is 0 Å². The molecule has 0 aliphatic heterocycles. The molecule has 1 aromatic rings. The van der Waals surface area contributed by atoms with Gasteiger partial charge in [-0.15, -0.1) is 11.3 Å². The van der Waals surface area contributed by atoms with Crippen molar-refractivity contribution in [3.63, 3.8) is 0 Å². The zero-order chi connectivity index (χ0) is 10.0. The van der Waals surface area contributed by atoms with Crippen LogP contribution in [0.4, 0.5) is 0 Å². The minimum absolute atomic E-state index is 0.560. The highest BCUT2D eigenvalue weighted by atomic mass is 35.5. The maximum Gasteiger partial charge on any atom is 0.0931 e. The van der Waals surface area contributed by atoms with Crippen molar-refractivity contribution in [2.24, 2.45) is 5.41 Å². The molecule has 3 heteroatoms. The number of hydrogen-bond donors (Lipinski definition) is 1. The smallest absolute Gasteiger partial charge is 0.0931 e. The average Bonchev–Trinajstić information content (AvgIpc) is 2.81. The Morgan fingerprint density at radius 3 is 2.79 bits per heavy atom. The highest BCUT2D eigenvalue weighted by Gasteiger charge is 2.42.